The normalized spacial score (nSPS) is 20.4. The highest BCUT2D eigenvalue weighted by molar-refractivity contribution is 7.11. The average Bonchev–Trinajstić information content (AvgIpc) is 2.66. The molecule has 2 nitrogen and oxygen atoms in total. The summed E-state index contributed by atoms with van der Waals surface area (Å²) in [6.07, 6.45) is 4.82. The quantitative estimate of drug-likeness (QED) is 0.894. The Balaban J connectivity index is 2.07. The highest BCUT2D eigenvalue weighted by atomic mass is 32.1. The Hall–Kier alpha value is -0.410. The van der Waals surface area contributed by atoms with E-state index >= 15 is 0 Å². The van der Waals surface area contributed by atoms with E-state index < -0.39 is 0 Å². The van der Waals surface area contributed by atoms with Crippen molar-refractivity contribution in [3.63, 3.8) is 0 Å². The van der Waals surface area contributed by atoms with E-state index in [0.29, 0.717) is 5.41 Å². The van der Waals surface area contributed by atoms with E-state index in [9.17, 15) is 0 Å². The summed E-state index contributed by atoms with van der Waals surface area (Å²) in [6, 6.07) is 0. The molecule has 2 rings (SSSR count). The maximum atomic E-state index is 4.78. The molecule has 1 atom stereocenters. The molecule has 0 fully saturated rings. The van der Waals surface area contributed by atoms with E-state index in [4.69, 9.17) is 4.98 Å². The first kappa shape index (κ1) is 13.0. The van der Waals surface area contributed by atoms with Crippen LogP contribution in [0.1, 0.15) is 42.8 Å². The van der Waals surface area contributed by atoms with Crippen LogP contribution in [0, 0.1) is 11.3 Å². The third kappa shape index (κ3) is 3.08. The van der Waals surface area contributed by atoms with Gasteiger partial charge < -0.3 is 5.32 Å². The van der Waals surface area contributed by atoms with Crippen molar-refractivity contribution in [1.82, 2.24) is 10.3 Å². The lowest BCUT2D eigenvalue weighted by Gasteiger charge is -2.33. The van der Waals surface area contributed by atoms with Crippen LogP contribution in [0.15, 0.2) is 0 Å². The van der Waals surface area contributed by atoms with Crippen LogP contribution in [-0.4, -0.2) is 18.6 Å². The minimum absolute atomic E-state index is 0.437. The van der Waals surface area contributed by atoms with Gasteiger partial charge in [0.2, 0.25) is 0 Å². The van der Waals surface area contributed by atoms with Crippen molar-refractivity contribution >= 4 is 11.3 Å². The van der Waals surface area contributed by atoms with E-state index in [1.165, 1.54) is 30.0 Å². The van der Waals surface area contributed by atoms with Crippen molar-refractivity contribution in [2.45, 2.75) is 46.5 Å². The first-order valence-corrected chi connectivity index (χ1v) is 7.44. The predicted octanol–water partition coefficient (Wildman–Crippen LogP) is 3.06. The Kier molecular flexibility index (Phi) is 3.88. The second-order valence-corrected chi connectivity index (χ2v) is 7.30. The molecular weight excluding hydrogens is 228 g/mol. The Morgan fingerprint density at radius 1 is 1.41 bits per heavy atom. The number of nitrogens with one attached hydrogen (secondary N) is 1. The highest BCUT2D eigenvalue weighted by Crippen LogP contribution is 2.39. The number of likely N-dealkylation sites (N-methyl/N-ethyl adjacent to an activating group) is 1. The Morgan fingerprint density at radius 2 is 2.18 bits per heavy atom. The van der Waals surface area contributed by atoms with Crippen LogP contribution in [-0.2, 0) is 19.3 Å². The molecule has 1 aliphatic rings. The summed E-state index contributed by atoms with van der Waals surface area (Å²) < 4.78 is 0. The number of nitrogens with zero attached hydrogens (tertiary/aromatic N) is 1. The minimum atomic E-state index is 0.437. The molecule has 0 radical (unpaired) electrons. The minimum Gasteiger partial charge on any atom is -0.319 e. The highest BCUT2D eigenvalue weighted by Gasteiger charge is 2.30. The first-order chi connectivity index (χ1) is 8.00. The van der Waals surface area contributed by atoms with Gasteiger partial charge in [-0.2, -0.15) is 0 Å². The van der Waals surface area contributed by atoms with Crippen LogP contribution in [0.4, 0.5) is 0 Å². The Bertz CT molecular complexity index is 376. The maximum absolute atomic E-state index is 4.78. The monoisotopic (exact) mass is 252 g/mol. The lowest BCUT2D eigenvalue weighted by atomic mass is 9.73. The van der Waals surface area contributed by atoms with Crippen LogP contribution in [0.5, 0.6) is 0 Å². The lowest BCUT2D eigenvalue weighted by Crippen LogP contribution is -2.26. The summed E-state index contributed by atoms with van der Waals surface area (Å²) in [5.41, 5.74) is 1.83. The second kappa shape index (κ2) is 5.07. The van der Waals surface area contributed by atoms with Crippen molar-refractivity contribution in [3.05, 3.63) is 15.6 Å². The zero-order valence-electron chi connectivity index (χ0n) is 11.5. The van der Waals surface area contributed by atoms with Gasteiger partial charge in [-0.15, -0.1) is 11.3 Å². The fourth-order valence-electron chi connectivity index (χ4n) is 2.51. The van der Waals surface area contributed by atoms with Gasteiger partial charge in [-0.25, -0.2) is 4.98 Å². The van der Waals surface area contributed by atoms with Crippen molar-refractivity contribution < 1.29 is 0 Å². The van der Waals surface area contributed by atoms with E-state index in [0.717, 1.165) is 18.9 Å². The van der Waals surface area contributed by atoms with Gasteiger partial charge in [-0.3, -0.25) is 0 Å². The molecule has 1 heterocycles. The van der Waals surface area contributed by atoms with Gasteiger partial charge in [0, 0.05) is 17.8 Å². The third-order valence-electron chi connectivity index (χ3n) is 3.80. The lowest BCUT2D eigenvalue weighted by molar-refractivity contribution is 0.217. The molecule has 1 unspecified atom stereocenters. The van der Waals surface area contributed by atoms with Crippen LogP contribution < -0.4 is 5.32 Å². The number of hydrogen-bond acceptors (Lipinski definition) is 3. The summed E-state index contributed by atoms with van der Waals surface area (Å²) in [4.78, 5) is 6.34. The SMILES string of the molecule is CNCCc1nc2c(s1)CC(C(C)(C)C)CC2. The number of rotatable bonds is 3. The largest absolute Gasteiger partial charge is 0.319 e. The number of fused-ring (bicyclic) bond motifs is 1. The van der Waals surface area contributed by atoms with E-state index in [-0.39, 0.29) is 0 Å². The van der Waals surface area contributed by atoms with Gasteiger partial charge in [0.1, 0.15) is 0 Å². The zero-order chi connectivity index (χ0) is 12.5. The fourth-order valence-corrected chi connectivity index (χ4v) is 3.70. The zero-order valence-corrected chi connectivity index (χ0v) is 12.3. The molecule has 0 spiro atoms. The number of thiazole rings is 1. The van der Waals surface area contributed by atoms with Crippen molar-refractivity contribution in [2.75, 3.05) is 13.6 Å². The smallest absolute Gasteiger partial charge is 0.0943 e. The molecule has 96 valence electrons. The predicted molar refractivity (Wildman–Crippen MR) is 74.7 cm³/mol. The molecule has 0 aromatic carbocycles. The van der Waals surface area contributed by atoms with Gasteiger partial charge in [0.25, 0.3) is 0 Å². The molecule has 1 aliphatic carbocycles. The average molecular weight is 252 g/mol. The molecule has 1 aromatic heterocycles. The number of aryl methyl sites for hydroxylation is 1. The molecule has 1 N–H and O–H groups in total. The number of aromatic nitrogens is 1. The second-order valence-electron chi connectivity index (χ2n) is 6.14. The van der Waals surface area contributed by atoms with Gasteiger partial charge in [-0.1, -0.05) is 20.8 Å². The van der Waals surface area contributed by atoms with Crippen LogP contribution in [0.3, 0.4) is 0 Å². The topological polar surface area (TPSA) is 24.9 Å². The third-order valence-corrected chi connectivity index (χ3v) is 4.98. The van der Waals surface area contributed by atoms with E-state index in [1.54, 1.807) is 4.88 Å². The van der Waals surface area contributed by atoms with Gasteiger partial charge in [0.15, 0.2) is 0 Å². The van der Waals surface area contributed by atoms with Gasteiger partial charge in [0.05, 0.1) is 10.7 Å². The molecule has 0 aliphatic heterocycles. The Labute approximate surface area is 109 Å². The molecule has 0 amide bonds. The molecule has 0 bridgehead atoms. The first-order valence-electron chi connectivity index (χ1n) is 6.62. The van der Waals surface area contributed by atoms with Crippen molar-refractivity contribution in [1.29, 1.82) is 0 Å². The summed E-state index contributed by atoms with van der Waals surface area (Å²) in [7, 11) is 2.00. The maximum Gasteiger partial charge on any atom is 0.0943 e. The fraction of sp³-hybridized carbons (Fsp3) is 0.786. The summed E-state index contributed by atoms with van der Waals surface area (Å²) in [5, 5.41) is 4.51. The standard InChI is InChI=1S/C14H24N2S/c1-14(2,3)10-5-6-11-12(9-10)17-13(16-11)7-8-15-4/h10,15H,5-9H2,1-4H3. The van der Waals surface area contributed by atoms with Crippen molar-refractivity contribution in [3.8, 4) is 0 Å². The van der Waals surface area contributed by atoms with E-state index in [2.05, 4.69) is 26.1 Å². The summed E-state index contributed by atoms with van der Waals surface area (Å²) >= 11 is 1.94. The van der Waals surface area contributed by atoms with Crippen LogP contribution in [0.2, 0.25) is 0 Å². The molecule has 17 heavy (non-hydrogen) atoms. The molecule has 1 aromatic rings. The number of hydrogen-bond donors (Lipinski definition) is 1. The van der Waals surface area contributed by atoms with Crippen LogP contribution in [0.25, 0.3) is 0 Å². The summed E-state index contributed by atoms with van der Waals surface area (Å²) in [5.74, 6) is 0.826. The van der Waals surface area contributed by atoms with E-state index in [1.807, 2.05) is 18.4 Å². The van der Waals surface area contributed by atoms with Gasteiger partial charge in [-0.05, 0) is 37.6 Å². The molecule has 3 heteroatoms. The molecule has 0 saturated carbocycles. The van der Waals surface area contributed by atoms with Crippen molar-refractivity contribution in [2.24, 2.45) is 11.3 Å². The molecular formula is C14H24N2S. The van der Waals surface area contributed by atoms with Crippen LogP contribution >= 0.6 is 11.3 Å². The summed E-state index contributed by atoms with van der Waals surface area (Å²) in [6.45, 7) is 8.14. The van der Waals surface area contributed by atoms with Gasteiger partial charge >= 0.3 is 0 Å². The Morgan fingerprint density at radius 3 is 2.82 bits per heavy atom. The molecule has 0 saturated heterocycles.